The number of ether oxygens (including phenoxy) is 2. The molecule has 43 heavy (non-hydrogen) atoms. The molecule has 1 saturated carbocycles. The Morgan fingerprint density at radius 2 is 2.00 bits per heavy atom. The molecule has 7 atom stereocenters. The van der Waals surface area contributed by atoms with Gasteiger partial charge in [0.2, 0.25) is 0 Å². The minimum Gasteiger partial charge on any atom is -0.394 e. The molecule has 2 heterocycles. The van der Waals surface area contributed by atoms with E-state index in [1.165, 1.54) is 30.2 Å². The molecular weight excluding hydrogens is 595 g/mol. The van der Waals surface area contributed by atoms with Crippen molar-refractivity contribution < 1.29 is 42.8 Å². The number of carbonyl (C=O) groups excluding carboxylic acids is 1. The number of anilines is 1. The number of nitrogens with zero attached hydrogens (tertiary/aromatic N) is 5. The Labute approximate surface area is 248 Å². The van der Waals surface area contributed by atoms with Crippen molar-refractivity contribution in [2.24, 2.45) is 0 Å². The van der Waals surface area contributed by atoms with E-state index in [2.05, 4.69) is 10.3 Å². The van der Waals surface area contributed by atoms with Gasteiger partial charge in [-0.3, -0.25) is 4.79 Å². The van der Waals surface area contributed by atoms with E-state index < -0.39 is 78.1 Å². The molecule has 1 aliphatic heterocycles. The second-order valence-electron chi connectivity index (χ2n) is 10.3. The summed E-state index contributed by atoms with van der Waals surface area (Å²) in [7, 11) is 1.25. The van der Waals surface area contributed by atoms with Gasteiger partial charge in [-0.25, -0.2) is 17.9 Å². The highest BCUT2D eigenvalue weighted by Crippen LogP contribution is 2.37. The van der Waals surface area contributed by atoms with E-state index in [-0.39, 0.29) is 22.0 Å². The zero-order valence-electron chi connectivity index (χ0n) is 22.6. The molecule has 2 aliphatic rings. The Bertz CT molecular complexity index is 1550. The maximum atomic E-state index is 14.5. The third-order valence-corrected chi connectivity index (χ3v) is 8.03. The zero-order valence-corrected chi connectivity index (χ0v) is 23.4. The van der Waals surface area contributed by atoms with Gasteiger partial charge in [-0.05, 0) is 49.6 Å². The van der Waals surface area contributed by atoms with Gasteiger partial charge in [0.1, 0.15) is 30.0 Å². The number of aliphatic hydroxyl groups excluding tert-OH is 3. The molecule has 0 radical (unpaired) electrons. The Morgan fingerprint density at radius 3 is 2.65 bits per heavy atom. The molecule has 0 bridgehead atoms. The Balaban J connectivity index is 1.56. The summed E-state index contributed by atoms with van der Waals surface area (Å²) in [5.41, 5.74) is -0.213. The fourth-order valence-corrected chi connectivity index (χ4v) is 5.98. The highest BCUT2D eigenvalue weighted by molar-refractivity contribution is 6.31. The van der Waals surface area contributed by atoms with Gasteiger partial charge in [-0.2, -0.15) is 5.26 Å². The van der Waals surface area contributed by atoms with Crippen LogP contribution in [-0.4, -0.2) is 86.5 Å². The Kier molecular flexibility index (Phi) is 9.02. The highest BCUT2D eigenvalue weighted by atomic mass is 35.5. The van der Waals surface area contributed by atoms with Crippen molar-refractivity contribution in [2.75, 3.05) is 18.6 Å². The van der Waals surface area contributed by atoms with Crippen molar-refractivity contribution in [3.8, 4) is 17.3 Å². The van der Waals surface area contributed by atoms with Crippen molar-refractivity contribution in [3.63, 3.8) is 0 Å². The fraction of sp³-hybridized carbons (Fsp3) is 0.429. The van der Waals surface area contributed by atoms with Gasteiger partial charge >= 0.3 is 0 Å². The molecule has 5 rings (SSSR count). The third kappa shape index (κ3) is 5.72. The average molecular weight is 622 g/mol. The van der Waals surface area contributed by atoms with Crippen molar-refractivity contribution in [1.82, 2.24) is 15.0 Å². The normalized spacial score (nSPS) is 27.2. The summed E-state index contributed by atoms with van der Waals surface area (Å²) >= 11 is 6.25. The standard InChI is InChI=1S/C28H27ClF3N5O6/c1-42-26-24(36-11-18(34-35-36)16-5-6-17(30)23(32)22(16)31)25(40)21(12-38)43-27(26)28(41)37(19-3-2-4-20(19)39)15-8-13(10-33)7-14(29)9-15/h5-9,11,19-21,24-27,38-40H,2-4,12H2,1H3/t19-,20-,21+,24-,25-,26+,27+/m0/s1. The number of halogens is 4. The summed E-state index contributed by atoms with van der Waals surface area (Å²) in [4.78, 5) is 15.6. The Morgan fingerprint density at radius 1 is 1.23 bits per heavy atom. The zero-order chi connectivity index (χ0) is 31.0. The number of benzene rings is 2. The van der Waals surface area contributed by atoms with Crippen LogP contribution in [0, 0.1) is 28.8 Å². The van der Waals surface area contributed by atoms with Crippen LogP contribution in [0.2, 0.25) is 5.02 Å². The van der Waals surface area contributed by atoms with E-state index in [0.717, 1.165) is 23.0 Å². The quantitative estimate of drug-likeness (QED) is 0.338. The lowest BCUT2D eigenvalue weighted by Gasteiger charge is -2.45. The second kappa shape index (κ2) is 12.6. The molecule has 2 aromatic carbocycles. The summed E-state index contributed by atoms with van der Waals surface area (Å²) in [6.45, 7) is -0.723. The minimum atomic E-state index is -1.70. The van der Waals surface area contributed by atoms with Crippen LogP contribution in [0.1, 0.15) is 30.9 Å². The number of methoxy groups -OCH3 is 1. The number of hydrogen-bond acceptors (Lipinski definition) is 9. The van der Waals surface area contributed by atoms with E-state index in [9.17, 15) is 38.5 Å². The maximum absolute atomic E-state index is 14.5. The number of hydrogen-bond donors (Lipinski definition) is 3. The third-order valence-electron chi connectivity index (χ3n) is 7.81. The number of carbonyl (C=O) groups is 1. The first kappa shape index (κ1) is 30.9. The lowest BCUT2D eigenvalue weighted by Crippen LogP contribution is -2.62. The average Bonchev–Trinajstić information content (AvgIpc) is 3.64. The van der Waals surface area contributed by atoms with Gasteiger partial charge in [-0.15, -0.1) is 5.10 Å². The largest absolute Gasteiger partial charge is 0.394 e. The van der Waals surface area contributed by atoms with Crippen LogP contribution in [0.25, 0.3) is 11.3 Å². The van der Waals surface area contributed by atoms with E-state index in [0.29, 0.717) is 19.3 Å². The summed E-state index contributed by atoms with van der Waals surface area (Å²) in [6, 6.07) is 6.04. The predicted molar refractivity (Wildman–Crippen MR) is 144 cm³/mol. The number of aliphatic hydroxyl groups is 3. The topological polar surface area (TPSA) is 154 Å². The lowest BCUT2D eigenvalue weighted by molar-refractivity contribution is -0.211. The molecule has 3 N–H and O–H groups in total. The van der Waals surface area contributed by atoms with Gasteiger partial charge in [-0.1, -0.05) is 16.8 Å². The summed E-state index contributed by atoms with van der Waals surface area (Å²) < 4.78 is 54.5. The van der Waals surface area contributed by atoms with E-state index in [4.69, 9.17) is 21.1 Å². The van der Waals surface area contributed by atoms with Crippen LogP contribution in [0.5, 0.6) is 0 Å². The molecule has 11 nitrogen and oxygen atoms in total. The second-order valence-corrected chi connectivity index (χ2v) is 10.8. The molecular formula is C28H27ClF3N5O6. The van der Waals surface area contributed by atoms with E-state index >= 15 is 0 Å². The van der Waals surface area contributed by atoms with Crippen LogP contribution in [0.3, 0.4) is 0 Å². The highest BCUT2D eigenvalue weighted by Gasteiger charge is 2.52. The molecule has 1 saturated heterocycles. The van der Waals surface area contributed by atoms with Crippen molar-refractivity contribution in [2.45, 2.75) is 61.9 Å². The van der Waals surface area contributed by atoms with E-state index in [1.54, 1.807) is 0 Å². The lowest BCUT2D eigenvalue weighted by atomic mass is 9.91. The SMILES string of the molecule is CO[C@@H]1[C@@H](n2cc(-c3ccc(F)c(F)c3F)nn2)[C@@H](O)[C@@H](CO)O[C@H]1C(=O)N(c1cc(Cl)cc(C#N)c1)[C@H]1CCC[C@@H]1O. The smallest absolute Gasteiger partial charge is 0.259 e. The first-order valence-corrected chi connectivity index (χ1v) is 13.7. The molecule has 228 valence electrons. The van der Waals surface area contributed by atoms with Crippen LogP contribution < -0.4 is 4.90 Å². The van der Waals surface area contributed by atoms with Crippen LogP contribution in [0.4, 0.5) is 18.9 Å². The number of rotatable bonds is 7. The Hall–Kier alpha value is -3.58. The predicted octanol–water partition coefficient (Wildman–Crippen LogP) is 2.51. The summed E-state index contributed by atoms with van der Waals surface area (Å²) in [5, 5.41) is 49.4. The summed E-state index contributed by atoms with van der Waals surface area (Å²) in [5.74, 6) is -5.30. The maximum Gasteiger partial charge on any atom is 0.259 e. The monoisotopic (exact) mass is 621 g/mol. The van der Waals surface area contributed by atoms with Gasteiger partial charge < -0.3 is 29.7 Å². The molecule has 15 heteroatoms. The summed E-state index contributed by atoms with van der Waals surface area (Å²) in [6.07, 6.45) is -3.93. The molecule has 1 amide bonds. The van der Waals surface area contributed by atoms with Gasteiger partial charge in [0, 0.05) is 23.4 Å². The van der Waals surface area contributed by atoms with Gasteiger partial charge in [0.15, 0.2) is 23.6 Å². The minimum absolute atomic E-state index is 0.168. The first-order valence-electron chi connectivity index (χ1n) is 13.3. The molecule has 1 aliphatic carbocycles. The van der Waals surface area contributed by atoms with E-state index in [1.807, 2.05) is 6.07 Å². The van der Waals surface area contributed by atoms with Crippen LogP contribution >= 0.6 is 11.6 Å². The number of amides is 1. The molecule has 3 aromatic rings. The van der Waals surface area contributed by atoms with Crippen molar-refractivity contribution in [1.29, 1.82) is 5.26 Å². The van der Waals surface area contributed by atoms with Gasteiger partial charge in [0.05, 0.1) is 36.6 Å². The van der Waals surface area contributed by atoms with Crippen LogP contribution in [-0.2, 0) is 14.3 Å². The van der Waals surface area contributed by atoms with Gasteiger partial charge in [0.25, 0.3) is 5.91 Å². The number of nitriles is 1. The van der Waals surface area contributed by atoms with Crippen LogP contribution in [0.15, 0.2) is 36.5 Å². The molecule has 1 aromatic heterocycles. The van der Waals surface area contributed by atoms with Crippen molar-refractivity contribution >= 4 is 23.2 Å². The molecule has 0 unspecified atom stereocenters. The first-order chi connectivity index (χ1) is 20.6. The molecule has 0 spiro atoms. The number of aromatic nitrogens is 3. The molecule has 2 fully saturated rings. The fourth-order valence-electron chi connectivity index (χ4n) is 5.75. The van der Waals surface area contributed by atoms with Crippen molar-refractivity contribution in [3.05, 3.63) is 64.6 Å².